The largest absolute Gasteiger partial charge is 0.495 e. The smallest absolute Gasteiger partial charge is 0.251 e. The fourth-order valence-corrected chi connectivity index (χ4v) is 3.80. The van der Waals surface area contributed by atoms with Crippen molar-refractivity contribution in [1.29, 1.82) is 0 Å². The van der Waals surface area contributed by atoms with Crippen LogP contribution in [-0.4, -0.2) is 45.8 Å². The number of benzene rings is 1. The van der Waals surface area contributed by atoms with Gasteiger partial charge in [0, 0.05) is 18.5 Å². The number of hydrogen-bond donors (Lipinski definition) is 2. The predicted octanol–water partition coefficient (Wildman–Crippen LogP) is 2.04. The highest BCUT2D eigenvalue weighted by Crippen LogP contribution is 2.35. The molecule has 1 amide bonds. The highest BCUT2D eigenvalue weighted by molar-refractivity contribution is 9.10. The summed E-state index contributed by atoms with van der Waals surface area (Å²) in [6.45, 7) is 5.40. The van der Waals surface area contributed by atoms with E-state index in [2.05, 4.69) is 28.2 Å². The van der Waals surface area contributed by atoms with Gasteiger partial charge in [-0.1, -0.05) is 0 Å². The van der Waals surface area contributed by atoms with Crippen molar-refractivity contribution in [2.75, 3.05) is 33.9 Å². The van der Waals surface area contributed by atoms with Gasteiger partial charge in [0.15, 0.2) is 0 Å². The number of methoxy groups -OCH3 is 2. The van der Waals surface area contributed by atoms with Crippen LogP contribution in [0.1, 0.15) is 43.0 Å². The van der Waals surface area contributed by atoms with Gasteiger partial charge in [-0.2, -0.15) is 0 Å². The summed E-state index contributed by atoms with van der Waals surface area (Å²) in [6.07, 6.45) is 5.00. The van der Waals surface area contributed by atoms with Gasteiger partial charge < -0.3 is 19.7 Å². The van der Waals surface area contributed by atoms with Gasteiger partial charge in [0.05, 0.1) is 33.4 Å². The van der Waals surface area contributed by atoms with E-state index in [1.165, 1.54) is 25.8 Å². The molecule has 1 heterocycles. The lowest BCUT2D eigenvalue weighted by Gasteiger charge is -2.30. The summed E-state index contributed by atoms with van der Waals surface area (Å²) in [4.78, 5) is 14.0. The van der Waals surface area contributed by atoms with Gasteiger partial charge in [0.1, 0.15) is 16.0 Å². The van der Waals surface area contributed by atoms with Gasteiger partial charge in [0.25, 0.3) is 5.91 Å². The van der Waals surface area contributed by atoms with E-state index in [0.29, 0.717) is 28.1 Å². The summed E-state index contributed by atoms with van der Waals surface area (Å²) < 4.78 is 11.3. The van der Waals surface area contributed by atoms with E-state index in [9.17, 15) is 4.79 Å². The lowest BCUT2D eigenvalue weighted by molar-refractivity contribution is -0.928. The zero-order chi connectivity index (χ0) is 17.5. The third-order valence-corrected chi connectivity index (χ3v) is 5.53. The molecule has 0 spiro atoms. The molecule has 1 saturated heterocycles. The molecule has 1 aromatic carbocycles. The summed E-state index contributed by atoms with van der Waals surface area (Å²) in [5.41, 5.74) is 0.547. The number of ether oxygens (including phenoxy) is 2. The lowest BCUT2D eigenvalue weighted by Crippen LogP contribution is -3.16. The lowest BCUT2D eigenvalue weighted by atomic mass is 10.0. The van der Waals surface area contributed by atoms with Crippen LogP contribution in [0.4, 0.5) is 0 Å². The Balaban J connectivity index is 1.86. The van der Waals surface area contributed by atoms with Crippen LogP contribution < -0.4 is 19.7 Å². The van der Waals surface area contributed by atoms with Crippen molar-refractivity contribution in [2.45, 2.75) is 38.6 Å². The van der Waals surface area contributed by atoms with E-state index in [1.807, 2.05) is 0 Å². The zero-order valence-corrected chi connectivity index (χ0v) is 16.4. The van der Waals surface area contributed by atoms with E-state index in [4.69, 9.17) is 9.47 Å². The first-order chi connectivity index (χ1) is 11.6. The van der Waals surface area contributed by atoms with Crippen LogP contribution >= 0.6 is 15.9 Å². The molecule has 1 aliphatic rings. The molecule has 1 aromatic rings. The fourth-order valence-electron chi connectivity index (χ4n) is 3.24. The summed E-state index contributed by atoms with van der Waals surface area (Å²) in [6, 6.07) is 4.19. The first-order valence-electron chi connectivity index (χ1n) is 8.61. The quantitative estimate of drug-likeness (QED) is 0.689. The van der Waals surface area contributed by atoms with Crippen molar-refractivity contribution in [3.05, 3.63) is 22.2 Å². The standard InChI is InChI=1S/C18H27BrN2O3/c1-13-7-4-5-9-21(13)10-6-8-20-18(22)14-11-15(23-2)17(19)16(12-14)24-3/h11-13H,4-10H2,1-3H3,(H,20,22)/p+1/t13-/m1/s1. The van der Waals surface area contributed by atoms with Gasteiger partial charge >= 0.3 is 0 Å². The molecule has 0 aromatic heterocycles. The monoisotopic (exact) mass is 399 g/mol. The average Bonchev–Trinajstić information content (AvgIpc) is 2.60. The van der Waals surface area contributed by atoms with Gasteiger partial charge in [0.2, 0.25) is 0 Å². The molecule has 0 aliphatic carbocycles. The molecule has 0 bridgehead atoms. The highest BCUT2D eigenvalue weighted by atomic mass is 79.9. The molecule has 1 fully saturated rings. The van der Waals surface area contributed by atoms with Crippen LogP contribution in [0.3, 0.4) is 0 Å². The van der Waals surface area contributed by atoms with Gasteiger partial charge in [-0.15, -0.1) is 0 Å². The molecular formula is C18H28BrN2O3+. The fraction of sp³-hybridized carbons (Fsp3) is 0.611. The van der Waals surface area contributed by atoms with Crippen LogP contribution in [0.2, 0.25) is 0 Å². The summed E-state index contributed by atoms with van der Waals surface area (Å²) in [7, 11) is 3.15. The second-order valence-electron chi connectivity index (χ2n) is 6.36. The van der Waals surface area contributed by atoms with Crippen LogP contribution in [0.5, 0.6) is 11.5 Å². The summed E-state index contributed by atoms with van der Waals surface area (Å²) >= 11 is 3.41. The number of rotatable bonds is 7. The molecule has 6 heteroatoms. The minimum atomic E-state index is -0.0965. The molecule has 2 N–H and O–H groups in total. The minimum absolute atomic E-state index is 0.0965. The average molecular weight is 400 g/mol. The summed E-state index contributed by atoms with van der Waals surface area (Å²) in [5, 5.41) is 3.00. The highest BCUT2D eigenvalue weighted by Gasteiger charge is 2.21. The third-order valence-electron chi connectivity index (χ3n) is 4.75. The summed E-state index contributed by atoms with van der Waals surface area (Å²) in [5.74, 6) is 1.08. The Morgan fingerprint density at radius 2 is 1.96 bits per heavy atom. The predicted molar refractivity (Wildman–Crippen MR) is 98.2 cm³/mol. The Bertz CT molecular complexity index is 540. The van der Waals surface area contributed by atoms with Gasteiger partial charge in [-0.25, -0.2) is 0 Å². The second-order valence-corrected chi connectivity index (χ2v) is 7.15. The zero-order valence-electron chi connectivity index (χ0n) is 14.8. The number of nitrogens with one attached hydrogen (secondary N) is 2. The molecule has 24 heavy (non-hydrogen) atoms. The van der Waals surface area contributed by atoms with E-state index >= 15 is 0 Å². The van der Waals surface area contributed by atoms with Crippen LogP contribution in [0.15, 0.2) is 16.6 Å². The molecule has 1 aliphatic heterocycles. The Hall–Kier alpha value is -1.27. The van der Waals surface area contributed by atoms with Gasteiger partial charge in [-0.05, 0) is 54.2 Å². The maximum Gasteiger partial charge on any atom is 0.251 e. The number of amides is 1. The van der Waals surface area contributed by atoms with Crippen molar-refractivity contribution in [3.63, 3.8) is 0 Å². The topological polar surface area (TPSA) is 52.0 Å². The van der Waals surface area contributed by atoms with Crippen molar-refractivity contribution >= 4 is 21.8 Å². The number of halogens is 1. The number of carbonyl (C=O) groups is 1. The molecule has 5 nitrogen and oxygen atoms in total. The number of carbonyl (C=O) groups excluding carboxylic acids is 1. The number of quaternary nitrogens is 1. The van der Waals surface area contributed by atoms with Crippen LogP contribution in [0.25, 0.3) is 0 Å². The van der Waals surface area contributed by atoms with E-state index in [0.717, 1.165) is 19.0 Å². The van der Waals surface area contributed by atoms with E-state index in [-0.39, 0.29) is 5.91 Å². The molecule has 134 valence electrons. The van der Waals surface area contributed by atoms with Crippen molar-refractivity contribution in [3.8, 4) is 11.5 Å². The molecule has 0 radical (unpaired) electrons. The third kappa shape index (κ3) is 4.86. The Labute approximate surface area is 152 Å². The molecule has 2 rings (SSSR count). The normalized spacial score (nSPS) is 20.5. The second kappa shape index (κ2) is 9.28. The van der Waals surface area contributed by atoms with Crippen molar-refractivity contribution in [2.24, 2.45) is 0 Å². The minimum Gasteiger partial charge on any atom is -0.495 e. The van der Waals surface area contributed by atoms with Crippen LogP contribution in [0, 0.1) is 0 Å². The molecule has 0 saturated carbocycles. The van der Waals surface area contributed by atoms with Crippen LogP contribution in [-0.2, 0) is 0 Å². The van der Waals surface area contributed by atoms with Gasteiger partial charge in [-0.3, -0.25) is 4.79 Å². The maximum absolute atomic E-state index is 12.4. The van der Waals surface area contributed by atoms with E-state index < -0.39 is 0 Å². The first kappa shape index (κ1) is 19.1. The Morgan fingerprint density at radius 3 is 2.54 bits per heavy atom. The molecule has 1 unspecified atom stereocenters. The maximum atomic E-state index is 12.4. The number of likely N-dealkylation sites (tertiary alicyclic amines) is 1. The molecular weight excluding hydrogens is 372 g/mol. The van der Waals surface area contributed by atoms with Crippen molar-refractivity contribution < 1.29 is 19.2 Å². The van der Waals surface area contributed by atoms with E-state index in [1.54, 1.807) is 31.3 Å². The van der Waals surface area contributed by atoms with Crippen molar-refractivity contribution in [1.82, 2.24) is 5.32 Å². The Morgan fingerprint density at radius 1 is 1.29 bits per heavy atom. The number of piperidine rings is 1. The number of hydrogen-bond acceptors (Lipinski definition) is 3. The SMILES string of the molecule is COc1cc(C(=O)NCCC[NH+]2CCCC[C@H]2C)cc(OC)c1Br. The molecule has 2 atom stereocenters. The Kier molecular flexibility index (Phi) is 7.37. The first-order valence-corrected chi connectivity index (χ1v) is 9.40.